The average Bonchev–Trinajstić information content (AvgIpc) is 3.48. The summed E-state index contributed by atoms with van der Waals surface area (Å²) in [5.41, 5.74) is 3.71. The van der Waals surface area contributed by atoms with Gasteiger partial charge in [0.2, 0.25) is 11.8 Å². The molecule has 3 aliphatic rings. The molecular weight excluding hydrogens is 450 g/mol. The number of hydrogen-bond acceptors (Lipinski definition) is 5. The van der Waals surface area contributed by atoms with Gasteiger partial charge in [0.15, 0.2) is 0 Å². The highest BCUT2D eigenvalue weighted by atomic mass is 16.3. The molecule has 3 N–H and O–H groups in total. The van der Waals surface area contributed by atoms with Gasteiger partial charge in [0.25, 0.3) is 18.3 Å². The number of imide groups is 1. The van der Waals surface area contributed by atoms with Crippen LogP contribution in [0, 0.1) is 0 Å². The van der Waals surface area contributed by atoms with Gasteiger partial charge in [0, 0.05) is 29.8 Å². The Balaban J connectivity index is 0.000000917. The molecular formula is C26H27N3O6. The zero-order valence-corrected chi connectivity index (χ0v) is 19.2. The Labute approximate surface area is 202 Å². The molecule has 1 atom stereocenters. The number of carbonyl (C=O) groups excluding carboxylic acids is 4. The molecule has 1 saturated carbocycles. The first-order chi connectivity index (χ1) is 16.9. The van der Waals surface area contributed by atoms with Crippen LogP contribution in [-0.4, -0.2) is 46.1 Å². The lowest BCUT2D eigenvalue weighted by Gasteiger charge is -2.29. The highest BCUT2D eigenvalue weighted by Crippen LogP contribution is 2.36. The fourth-order valence-corrected chi connectivity index (χ4v) is 5.15. The molecule has 0 radical (unpaired) electrons. The summed E-state index contributed by atoms with van der Waals surface area (Å²) >= 11 is 0. The Morgan fingerprint density at radius 3 is 2.49 bits per heavy atom. The second-order valence-electron chi connectivity index (χ2n) is 8.90. The molecule has 35 heavy (non-hydrogen) atoms. The van der Waals surface area contributed by atoms with Crippen LogP contribution in [0.15, 0.2) is 42.5 Å². The minimum Gasteiger partial charge on any atom is -0.483 e. The summed E-state index contributed by atoms with van der Waals surface area (Å²) in [6.45, 7) is 0.0306. The Morgan fingerprint density at radius 2 is 1.77 bits per heavy atom. The van der Waals surface area contributed by atoms with Crippen LogP contribution in [0.2, 0.25) is 0 Å². The molecule has 4 amide bonds. The van der Waals surface area contributed by atoms with Crippen LogP contribution in [0.4, 0.5) is 5.69 Å². The quantitative estimate of drug-likeness (QED) is 0.458. The summed E-state index contributed by atoms with van der Waals surface area (Å²) in [5, 5.41) is 12.2. The third-order valence-electron chi connectivity index (χ3n) is 6.78. The summed E-state index contributed by atoms with van der Waals surface area (Å²) < 4.78 is 0. The number of carboxylic acid groups (broad SMARTS) is 1. The van der Waals surface area contributed by atoms with Crippen LogP contribution >= 0.6 is 0 Å². The smallest absolute Gasteiger partial charge is 0.290 e. The van der Waals surface area contributed by atoms with Crippen molar-refractivity contribution in [1.29, 1.82) is 0 Å². The standard InChI is InChI=1S/C25H25N3O4.CH2O2/c29-22-12-11-21(24(31)27-22)28-14-16-13-17(9-10-19(16)25(28)32)26-23(30)20-8-4-3-7-18(20)15-5-1-2-6-15;2-1-3/h3-4,7-10,13,15,21H,1-2,5-6,11-12,14H2,(H,26,30)(H,27,29,31);1H,(H,2,3). The largest absolute Gasteiger partial charge is 0.483 e. The molecule has 2 fully saturated rings. The number of fused-ring (bicyclic) bond motifs is 1. The van der Waals surface area contributed by atoms with E-state index in [2.05, 4.69) is 10.6 Å². The zero-order valence-electron chi connectivity index (χ0n) is 19.2. The molecule has 1 unspecified atom stereocenters. The minimum absolute atomic E-state index is 0.154. The molecule has 9 heteroatoms. The predicted molar refractivity (Wildman–Crippen MR) is 127 cm³/mol. The topological polar surface area (TPSA) is 133 Å². The van der Waals surface area contributed by atoms with Crippen molar-refractivity contribution < 1.29 is 29.1 Å². The van der Waals surface area contributed by atoms with E-state index in [0.29, 0.717) is 29.2 Å². The van der Waals surface area contributed by atoms with Gasteiger partial charge in [0.05, 0.1) is 0 Å². The Kier molecular flexibility index (Phi) is 7.24. The number of benzene rings is 2. The van der Waals surface area contributed by atoms with Gasteiger partial charge >= 0.3 is 0 Å². The summed E-state index contributed by atoms with van der Waals surface area (Å²) in [5.74, 6) is -0.688. The zero-order chi connectivity index (χ0) is 24.9. The van der Waals surface area contributed by atoms with Gasteiger partial charge in [0.1, 0.15) is 6.04 Å². The van der Waals surface area contributed by atoms with Gasteiger partial charge < -0.3 is 15.3 Å². The van der Waals surface area contributed by atoms with Crippen molar-refractivity contribution in [2.75, 3.05) is 5.32 Å². The number of hydrogen-bond donors (Lipinski definition) is 3. The number of nitrogens with one attached hydrogen (secondary N) is 2. The van der Waals surface area contributed by atoms with Crippen molar-refractivity contribution >= 4 is 35.8 Å². The van der Waals surface area contributed by atoms with Gasteiger partial charge in [-0.05, 0) is 60.6 Å². The lowest BCUT2D eigenvalue weighted by molar-refractivity contribution is -0.137. The van der Waals surface area contributed by atoms with E-state index in [9.17, 15) is 19.2 Å². The summed E-state index contributed by atoms with van der Waals surface area (Å²) in [6.07, 6.45) is 5.17. The molecule has 2 aliphatic heterocycles. The van der Waals surface area contributed by atoms with Crippen LogP contribution in [0.25, 0.3) is 0 Å². The molecule has 1 aliphatic carbocycles. The van der Waals surface area contributed by atoms with Gasteiger partial charge in [-0.3, -0.25) is 29.3 Å². The lowest BCUT2D eigenvalue weighted by Crippen LogP contribution is -2.52. The summed E-state index contributed by atoms with van der Waals surface area (Å²) in [4.78, 5) is 59.4. The number of anilines is 1. The maximum Gasteiger partial charge on any atom is 0.290 e. The summed E-state index contributed by atoms with van der Waals surface area (Å²) in [7, 11) is 0. The van der Waals surface area contributed by atoms with E-state index in [1.165, 1.54) is 17.7 Å². The number of amides is 4. The molecule has 9 nitrogen and oxygen atoms in total. The predicted octanol–water partition coefficient (Wildman–Crippen LogP) is 3.06. The van der Waals surface area contributed by atoms with Crippen molar-refractivity contribution in [3.8, 4) is 0 Å². The van der Waals surface area contributed by atoms with Crippen LogP contribution in [0.1, 0.15) is 76.3 Å². The first-order valence-corrected chi connectivity index (χ1v) is 11.7. The third-order valence-corrected chi connectivity index (χ3v) is 6.78. The normalized spacial score (nSPS) is 19.5. The Morgan fingerprint density at radius 1 is 1.06 bits per heavy atom. The van der Waals surface area contributed by atoms with Gasteiger partial charge in [-0.25, -0.2) is 0 Å². The molecule has 2 aromatic carbocycles. The monoisotopic (exact) mass is 477 g/mol. The Bertz CT molecular complexity index is 1170. The number of rotatable bonds is 4. The van der Waals surface area contributed by atoms with E-state index in [1.807, 2.05) is 24.3 Å². The highest BCUT2D eigenvalue weighted by Gasteiger charge is 2.39. The maximum atomic E-state index is 13.1. The average molecular weight is 478 g/mol. The van der Waals surface area contributed by atoms with Gasteiger partial charge in [-0.2, -0.15) is 0 Å². The molecule has 0 bridgehead atoms. The van der Waals surface area contributed by atoms with Crippen molar-refractivity contribution in [2.45, 2.75) is 57.0 Å². The Hall–Kier alpha value is -4.01. The van der Waals surface area contributed by atoms with E-state index in [0.717, 1.165) is 24.0 Å². The van der Waals surface area contributed by atoms with E-state index >= 15 is 0 Å². The maximum absolute atomic E-state index is 13.1. The molecule has 5 rings (SSSR count). The minimum atomic E-state index is -0.649. The molecule has 0 spiro atoms. The highest BCUT2D eigenvalue weighted by molar-refractivity contribution is 6.07. The van der Waals surface area contributed by atoms with E-state index < -0.39 is 11.9 Å². The van der Waals surface area contributed by atoms with Crippen molar-refractivity contribution in [3.05, 3.63) is 64.7 Å². The van der Waals surface area contributed by atoms with E-state index in [-0.39, 0.29) is 37.2 Å². The van der Waals surface area contributed by atoms with Gasteiger partial charge in [-0.15, -0.1) is 0 Å². The number of nitrogens with zero attached hydrogens (tertiary/aromatic N) is 1. The first kappa shape index (κ1) is 24.1. The van der Waals surface area contributed by atoms with Gasteiger partial charge in [-0.1, -0.05) is 31.0 Å². The van der Waals surface area contributed by atoms with Crippen LogP contribution in [-0.2, 0) is 20.9 Å². The van der Waals surface area contributed by atoms with Crippen molar-refractivity contribution in [2.24, 2.45) is 0 Å². The second-order valence-corrected chi connectivity index (χ2v) is 8.90. The van der Waals surface area contributed by atoms with Crippen molar-refractivity contribution in [1.82, 2.24) is 10.2 Å². The molecule has 0 aromatic heterocycles. The van der Waals surface area contributed by atoms with Crippen LogP contribution in [0.3, 0.4) is 0 Å². The molecule has 2 heterocycles. The second kappa shape index (κ2) is 10.5. The van der Waals surface area contributed by atoms with Crippen LogP contribution in [0.5, 0.6) is 0 Å². The van der Waals surface area contributed by atoms with E-state index in [1.54, 1.807) is 18.2 Å². The van der Waals surface area contributed by atoms with Crippen molar-refractivity contribution in [3.63, 3.8) is 0 Å². The number of carbonyl (C=O) groups is 5. The SMILES string of the molecule is O=C1CCC(N2Cc3cc(NC(=O)c4ccccc4C4CCCC4)ccc3C2=O)C(=O)N1.O=CO. The third kappa shape index (κ3) is 5.08. The fourth-order valence-electron chi connectivity index (χ4n) is 5.15. The van der Waals surface area contributed by atoms with Crippen LogP contribution < -0.4 is 10.6 Å². The molecule has 2 aromatic rings. The van der Waals surface area contributed by atoms with E-state index in [4.69, 9.17) is 9.90 Å². The first-order valence-electron chi connectivity index (χ1n) is 11.7. The molecule has 182 valence electrons. The fraction of sp³-hybridized carbons (Fsp3) is 0.346. The number of piperidine rings is 1. The molecule has 1 saturated heterocycles. The summed E-state index contributed by atoms with van der Waals surface area (Å²) in [6, 6.07) is 12.3. The lowest BCUT2D eigenvalue weighted by atomic mass is 9.92.